The second-order valence-electron chi connectivity index (χ2n) is 5.17. The maximum atomic E-state index is 4.37. The summed E-state index contributed by atoms with van der Waals surface area (Å²) in [5, 5.41) is 6.51. The van der Waals surface area contributed by atoms with Gasteiger partial charge in [-0.1, -0.05) is 13.0 Å². The zero-order chi connectivity index (χ0) is 15.4. The SMILES string of the molecule is CCc1c(NC)ncnc1Nc1ccc(C)c(N(C)C)c1. The fraction of sp³-hybridized carbons (Fsp3) is 0.375. The molecule has 1 heterocycles. The molecule has 0 saturated carbocycles. The van der Waals surface area contributed by atoms with E-state index in [2.05, 4.69) is 57.5 Å². The third-order valence-corrected chi connectivity index (χ3v) is 3.49. The van der Waals surface area contributed by atoms with E-state index in [1.165, 1.54) is 11.3 Å². The van der Waals surface area contributed by atoms with Crippen LogP contribution in [-0.4, -0.2) is 31.1 Å². The van der Waals surface area contributed by atoms with Crippen molar-refractivity contribution in [2.75, 3.05) is 36.7 Å². The van der Waals surface area contributed by atoms with E-state index < -0.39 is 0 Å². The van der Waals surface area contributed by atoms with Crippen LogP contribution >= 0.6 is 0 Å². The van der Waals surface area contributed by atoms with Gasteiger partial charge in [-0.2, -0.15) is 0 Å². The molecule has 0 spiro atoms. The minimum atomic E-state index is 0.852. The van der Waals surface area contributed by atoms with Crippen LogP contribution in [0.3, 0.4) is 0 Å². The van der Waals surface area contributed by atoms with Crippen molar-refractivity contribution in [3.05, 3.63) is 35.7 Å². The summed E-state index contributed by atoms with van der Waals surface area (Å²) in [4.78, 5) is 10.7. The summed E-state index contributed by atoms with van der Waals surface area (Å²) in [7, 11) is 5.97. The number of benzene rings is 1. The van der Waals surface area contributed by atoms with Crippen molar-refractivity contribution >= 4 is 23.0 Å². The second kappa shape index (κ2) is 6.43. The van der Waals surface area contributed by atoms with Gasteiger partial charge in [-0.05, 0) is 31.0 Å². The van der Waals surface area contributed by atoms with Gasteiger partial charge >= 0.3 is 0 Å². The van der Waals surface area contributed by atoms with Crippen molar-refractivity contribution in [3.63, 3.8) is 0 Å². The van der Waals surface area contributed by atoms with Crippen LogP contribution in [0.25, 0.3) is 0 Å². The number of nitrogens with zero attached hydrogens (tertiary/aromatic N) is 3. The molecule has 0 saturated heterocycles. The fourth-order valence-electron chi connectivity index (χ4n) is 2.38. The maximum Gasteiger partial charge on any atom is 0.139 e. The summed E-state index contributed by atoms with van der Waals surface area (Å²) in [5.41, 5.74) is 4.56. The minimum absolute atomic E-state index is 0.852. The predicted octanol–water partition coefficient (Wildman–Crippen LogP) is 3.20. The highest BCUT2D eigenvalue weighted by atomic mass is 15.1. The van der Waals surface area contributed by atoms with Gasteiger partial charge in [0.2, 0.25) is 0 Å². The smallest absolute Gasteiger partial charge is 0.139 e. The monoisotopic (exact) mass is 285 g/mol. The number of hydrogen-bond donors (Lipinski definition) is 2. The summed E-state index contributed by atoms with van der Waals surface area (Å²) in [6.07, 6.45) is 2.44. The Balaban J connectivity index is 2.36. The topological polar surface area (TPSA) is 53.1 Å². The van der Waals surface area contributed by atoms with Gasteiger partial charge < -0.3 is 15.5 Å². The zero-order valence-electron chi connectivity index (χ0n) is 13.4. The number of aryl methyl sites for hydroxylation is 1. The summed E-state index contributed by atoms with van der Waals surface area (Å²) in [6, 6.07) is 6.32. The third kappa shape index (κ3) is 3.24. The molecule has 2 rings (SSSR count). The second-order valence-corrected chi connectivity index (χ2v) is 5.17. The van der Waals surface area contributed by atoms with Crippen molar-refractivity contribution in [2.45, 2.75) is 20.3 Å². The lowest BCUT2D eigenvalue weighted by Gasteiger charge is -2.18. The van der Waals surface area contributed by atoms with E-state index in [9.17, 15) is 0 Å². The summed E-state index contributed by atoms with van der Waals surface area (Å²) in [5.74, 6) is 1.72. The average Bonchev–Trinajstić information content (AvgIpc) is 2.48. The molecule has 0 amide bonds. The van der Waals surface area contributed by atoms with Gasteiger partial charge in [0, 0.05) is 38.1 Å². The molecule has 0 aliphatic heterocycles. The quantitative estimate of drug-likeness (QED) is 0.883. The highest BCUT2D eigenvalue weighted by Gasteiger charge is 2.10. The lowest BCUT2D eigenvalue weighted by atomic mass is 10.1. The largest absolute Gasteiger partial charge is 0.377 e. The van der Waals surface area contributed by atoms with E-state index >= 15 is 0 Å². The normalized spacial score (nSPS) is 10.3. The Morgan fingerprint density at radius 1 is 1.14 bits per heavy atom. The molecular formula is C16H23N5. The zero-order valence-corrected chi connectivity index (χ0v) is 13.4. The molecule has 0 unspecified atom stereocenters. The summed E-state index contributed by atoms with van der Waals surface area (Å²) >= 11 is 0. The van der Waals surface area contributed by atoms with Crippen molar-refractivity contribution in [2.24, 2.45) is 0 Å². The van der Waals surface area contributed by atoms with E-state index in [-0.39, 0.29) is 0 Å². The first kappa shape index (κ1) is 15.1. The van der Waals surface area contributed by atoms with Crippen LogP contribution in [-0.2, 0) is 6.42 Å². The van der Waals surface area contributed by atoms with Crippen molar-refractivity contribution in [3.8, 4) is 0 Å². The predicted molar refractivity (Wildman–Crippen MR) is 89.7 cm³/mol. The van der Waals surface area contributed by atoms with Crippen LogP contribution in [0.4, 0.5) is 23.0 Å². The molecule has 0 atom stereocenters. The fourth-order valence-corrected chi connectivity index (χ4v) is 2.38. The van der Waals surface area contributed by atoms with E-state index in [4.69, 9.17) is 0 Å². The molecule has 2 aromatic rings. The summed E-state index contributed by atoms with van der Waals surface area (Å²) < 4.78 is 0. The molecule has 5 heteroatoms. The molecule has 0 radical (unpaired) electrons. The number of nitrogens with one attached hydrogen (secondary N) is 2. The van der Waals surface area contributed by atoms with Crippen LogP contribution in [0.5, 0.6) is 0 Å². The Labute approximate surface area is 126 Å². The van der Waals surface area contributed by atoms with Gasteiger partial charge in [-0.3, -0.25) is 0 Å². The minimum Gasteiger partial charge on any atom is -0.377 e. The van der Waals surface area contributed by atoms with Gasteiger partial charge in [0.15, 0.2) is 0 Å². The van der Waals surface area contributed by atoms with Crippen molar-refractivity contribution < 1.29 is 0 Å². The Morgan fingerprint density at radius 2 is 1.86 bits per heavy atom. The van der Waals surface area contributed by atoms with E-state index in [1.54, 1.807) is 6.33 Å². The Kier molecular flexibility index (Phi) is 4.62. The van der Waals surface area contributed by atoms with Gasteiger partial charge in [-0.25, -0.2) is 9.97 Å². The van der Waals surface area contributed by atoms with Crippen LogP contribution in [0.1, 0.15) is 18.1 Å². The van der Waals surface area contributed by atoms with Crippen molar-refractivity contribution in [1.29, 1.82) is 0 Å². The van der Waals surface area contributed by atoms with Crippen molar-refractivity contribution in [1.82, 2.24) is 9.97 Å². The summed E-state index contributed by atoms with van der Waals surface area (Å²) in [6.45, 7) is 4.21. The van der Waals surface area contributed by atoms with E-state index in [1.807, 2.05) is 21.1 Å². The van der Waals surface area contributed by atoms with Crippen LogP contribution < -0.4 is 15.5 Å². The van der Waals surface area contributed by atoms with Crippen LogP contribution in [0.15, 0.2) is 24.5 Å². The molecule has 0 fully saturated rings. The number of hydrogen-bond acceptors (Lipinski definition) is 5. The molecule has 21 heavy (non-hydrogen) atoms. The van der Waals surface area contributed by atoms with Gasteiger partial charge in [0.1, 0.15) is 18.0 Å². The third-order valence-electron chi connectivity index (χ3n) is 3.49. The lowest BCUT2D eigenvalue weighted by Crippen LogP contribution is -2.11. The molecular weight excluding hydrogens is 262 g/mol. The Bertz CT molecular complexity index is 622. The molecule has 112 valence electrons. The molecule has 1 aromatic heterocycles. The van der Waals surface area contributed by atoms with Crippen LogP contribution in [0, 0.1) is 6.92 Å². The molecule has 1 aromatic carbocycles. The lowest BCUT2D eigenvalue weighted by molar-refractivity contribution is 1.05. The Hall–Kier alpha value is -2.30. The van der Waals surface area contributed by atoms with Gasteiger partial charge in [0.05, 0.1) is 0 Å². The Morgan fingerprint density at radius 3 is 2.48 bits per heavy atom. The first-order chi connectivity index (χ1) is 10.1. The highest BCUT2D eigenvalue weighted by Crippen LogP contribution is 2.27. The average molecular weight is 285 g/mol. The highest BCUT2D eigenvalue weighted by molar-refractivity contribution is 5.69. The maximum absolute atomic E-state index is 4.37. The first-order valence-corrected chi connectivity index (χ1v) is 7.13. The molecule has 0 aliphatic carbocycles. The number of rotatable bonds is 5. The standard InChI is InChI=1S/C16H23N5/c1-6-13-15(17-3)18-10-19-16(13)20-12-8-7-11(2)14(9-12)21(4)5/h7-10H,6H2,1-5H3,(H2,17,18,19,20). The number of aromatic nitrogens is 2. The van der Waals surface area contributed by atoms with Gasteiger partial charge in [0.25, 0.3) is 0 Å². The molecule has 5 nitrogen and oxygen atoms in total. The van der Waals surface area contributed by atoms with Crippen LogP contribution in [0.2, 0.25) is 0 Å². The molecule has 0 aliphatic rings. The first-order valence-electron chi connectivity index (χ1n) is 7.13. The molecule has 0 bridgehead atoms. The van der Waals surface area contributed by atoms with E-state index in [0.29, 0.717) is 0 Å². The number of anilines is 4. The van der Waals surface area contributed by atoms with Gasteiger partial charge in [-0.15, -0.1) is 0 Å². The van der Waals surface area contributed by atoms with E-state index in [0.717, 1.165) is 29.3 Å². The molecule has 2 N–H and O–H groups in total.